The predicted octanol–water partition coefficient (Wildman–Crippen LogP) is 6.28. The zero-order valence-electron chi connectivity index (χ0n) is 23.8. The standard InChI is InChI=1S/C27H32F9N6O.U/c1-3-11-41(12-6-4-5-7-21-37-14-18(15-38-21)26(31,32)33)17(2)10-13-42(16-25(28,29)30)20-9-8-19-22(27(34,35)36)24(43)40-39-23(19)20;/h2,14-15,20H,3-13,16H2,1H3,(H,40,43);/q-1;. The summed E-state index contributed by atoms with van der Waals surface area (Å²) in [7, 11) is 0. The van der Waals surface area contributed by atoms with E-state index >= 15 is 0 Å². The fourth-order valence-electron chi connectivity index (χ4n) is 5.15. The molecule has 2 heterocycles. The maximum atomic E-state index is 13.5. The van der Waals surface area contributed by atoms with Crippen LogP contribution in [0.1, 0.15) is 79.7 Å². The average Bonchev–Trinajstić information content (AvgIpc) is 3.32. The van der Waals surface area contributed by atoms with Crippen LogP contribution < -0.4 is 5.56 Å². The second-order valence-corrected chi connectivity index (χ2v) is 10.4. The van der Waals surface area contributed by atoms with Crippen LogP contribution in [0.15, 0.2) is 22.9 Å². The van der Waals surface area contributed by atoms with Crippen molar-refractivity contribution in [3.63, 3.8) is 0 Å². The molecule has 3 rings (SSSR count). The van der Waals surface area contributed by atoms with Crippen molar-refractivity contribution in [2.75, 3.05) is 26.2 Å². The van der Waals surface area contributed by atoms with Gasteiger partial charge >= 0.3 is 18.5 Å². The van der Waals surface area contributed by atoms with Crippen LogP contribution in [0.5, 0.6) is 0 Å². The van der Waals surface area contributed by atoms with Gasteiger partial charge in [0.1, 0.15) is 11.4 Å². The summed E-state index contributed by atoms with van der Waals surface area (Å²) < 4.78 is 119. The second kappa shape index (κ2) is 15.9. The molecule has 1 aliphatic rings. The molecule has 44 heavy (non-hydrogen) atoms. The number of aromatic amines is 1. The minimum Gasteiger partial charge on any atom is -0.493 e. The molecule has 1 atom stereocenters. The van der Waals surface area contributed by atoms with Crippen LogP contribution >= 0.6 is 0 Å². The molecule has 0 aliphatic heterocycles. The van der Waals surface area contributed by atoms with Crippen molar-refractivity contribution in [3.8, 4) is 0 Å². The summed E-state index contributed by atoms with van der Waals surface area (Å²) in [6, 6.07) is -1.09. The van der Waals surface area contributed by atoms with E-state index in [4.69, 9.17) is 6.58 Å². The number of hydrogen-bond acceptors (Lipinski definition) is 6. The van der Waals surface area contributed by atoms with E-state index in [1.54, 1.807) is 5.10 Å². The van der Waals surface area contributed by atoms with Gasteiger partial charge in [-0.15, -0.1) is 0 Å². The van der Waals surface area contributed by atoms with E-state index in [0.29, 0.717) is 50.9 Å². The van der Waals surface area contributed by atoms with E-state index in [9.17, 15) is 44.3 Å². The molecular weight excluding hydrogens is 833 g/mol. The number of alkyl halides is 9. The fourth-order valence-corrected chi connectivity index (χ4v) is 5.15. The largest absolute Gasteiger partial charge is 0.493 e. The summed E-state index contributed by atoms with van der Waals surface area (Å²) in [5, 5.41) is 5.48. The Morgan fingerprint density at radius 2 is 1.64 bits per heavy atom. The molecule has 0 spiro atoms. The van der Waals surface area contributed by atoms with Gasteiger partial charge in [0.2, 0.25) is 0 Å². The second-order valence-electron chi connectivity index (χ2n) is 10.4. The van der Waals surface area contributed by atoms with Gasteiger partial charge in [-0.1, -0.05) is 13.3 Å². The number of H-pyrrole nitrogens is 1. The van der Waals surface area contributed by atoms with Crippen molar-refractivity contribution in [1.29, 1.82) is 0 Å². The van der Waals surface area contributed by atoms with E-state index < -0.39 is 47.8 Å². The molecule has 0 amide bonds. The van der Waals surface area contributed by atoms with Gasteiger partial charge in [-0.3, -0.25) is 9.69 Å². The number of rotatable bonds is 14. The van der Waals surface area contributed by atoms with Crippen LogP contribution in [0.2, 0.25) is 0 Å². The predicted molar refractivity (Wildman–Crippen MR) is 137 cm³/mol. The molecule has 1 unspecified atom stereocenters. The third-order valence-corrected chi connectivity index (χ3v) is 7.12. The fraction of sp³-hybridized carbons (Fsp3) is 0.630. The Morgan fingerprint density at radius 1 is 0.977 bits per heavy atom. The average molecular weight is 866 g/mol. The van der Waals surface area contributed by atoms with Gasteiger partial charge in [0.05, 0.1) is 23.8 Å². The Balaban J connectivity index is 0.00000675. The number of halogens is 9. The Bertz CT molecular complexity index is 1280. The quantitative estimate of drug-likeness (QED) is 0.137. The molecule has 7 nitrogen and oxygen atoms in total. The minimum absolute atomic E-state index is 0. The molecule has 0 saturated carbocycles. The molecule has 0 radical (unpaired) electrons. The van der Waals surface area contributed by atoms with Gasteiger partial charge in [0, 0.05) is 69.6 Å². The van der Waals surface area contributed by atoms with Crippen molar-refractivity contribution in [1.82, 2.24) is 30.0 Å². The van der Waals surface area contributed by atoms with Gasteiger partial charge in [-0.2, -0.15) is 50.3 Å². The molecule has 0 bridgehead atoms. The molecule has 1 N–H and O–H groups in total. The summed E-state index contributed by atoms with van der Waals surface area (Å²) in [6.07, 6.45) is -10.00. The van der Waals surface area contributed by atoms with Crippen molar-refractivity contribution in [2.24, 2.45) is 0 Å². The maximum Gasteiger partial charge on any atom is 0.422 e. The molecule has 0 aromatic carbocycles. The van der Waals surface area contributed by atoms with E-state index in [-0.39, 0.29) is 74.0 Å². The Labute approximate surface area is 272 Å². The molecule has 1 aliphatic carbocycles. The van der Waals surface area contributed by atoms with Crippen LogP contribution in [0.25, 0.3) is 0 Å². The number of nitrogens with zero attached hydrogens (tertiary/aromatic N) is 5. The maximum absolute atomic E-state index is 13.5. The number of hydrogen-bond donors (Lipinski definition) is 1. The van der Waals surface area contributed by atoms with E-state index in [2.05, 4.69) is 15.1 Å². The van der Waals surface area contributed by atoms with Crippen LogP contribution in [0.4, 0.5) is 39.5 Å². The first-order valence-electron chi connectivity index (χ1n) is 13.7. The summed E-state index contributed by atoms with van der Waals surface area (Å²) in [4.78, 5) is 22.1. The Kier molecular flexibility index (Phi) is 13.8. The minimum atomic E-state index is -4.98. The summed E-state index contributed by atoms with van der Waals surface area (Å²) in [5.74, 6) is 0.281. The van der Waals surface area contributed by atoms with Gasteiger partial charge < -0.3 is 11.5 Å². The number of aryl methyl sites for hydroxylation is 1. The monoisotopic (exact) mass is 865 g/mol. The van der Waals surface area contributed by atoms with Gasteiger partial charge in [0.25, 0.3) is 5.56 Å². The Hall–Kier alpha value is -2.12. The van der Waals surface area contributed by atoms with Gasteiger partial charge in [0.15, 0.2) is 0 Å². The first-order chi connectivity index (χ1) is 20.0. The van der Waals surface area contributed by atoms with Crippen molar-refractivity contribution < 1.29 is 70.6 Å². The normalized spacial score (nSPS) is 15.3. The zero-order chi connectivity index (χ0) is 32.0. The molecule has 0 fully saturated rings. The first kappa shape index (κ1) is 38.1. The SMILES string of the molecule is [CH-]=C(CCN(CC(F)(F)F)C1CCc2c1n[nH]c(=O)c2C(F)(F)F)N(CCC)CCCCCc1ncc(C(F)(F)F)cn1.[U]. The van der Waals surface area contributed by atoms with E-state index in [1.165, 1.54) is 0 Å². The van der Waals surface area contributed by atoms with Crippen LogP contribution in [0, 0.1) is 37.7 Å². The molecule has 244 valence electrons. The van der Waals surface area contributed by atoms with Crippen LogP contribution in [-0.2, 0) is 25.2 Å². The molecule has 2 aromatic heterocycles. The number of fused-ring (bicyclic) bond motifs is 1. The van der Waals surface area contributed by atoms with Crippen LogP contribution in [-0.4, -0.2) is 62.3 Å². The molecule has 2 aromatic rings. The smallest absolute Gasteiger partial charge is 0.422 e. The van der Waals surface area contributed by atoms with Gasteiger partial charge in [-0.05, 0) is 44.1 Å². The third-order valence-electron chi connectivity index (χ3n) is 7.12. The van der Waals surface area contributed by atoms with Crippen molar-refractivity contribution >= 4 is 0 Å². The molecule has 17 heteroatoms. The van der Waals surface area contributed by atoms with Crippen molar-refractivity contribution in [2.45, 2.75) is 82.9 Å². The number of unbranched alkanes of at least 4 members (excludes halogenated alkanes) is 2. The van der Waals surface area contributed by atoms with E-state index in [0.717, 1.165) is 17.3 Å². The third kappa shape index (κ3) is 10.8. The van der Waals surface area contributed by atoms with E-state index in [1.807, 2.05) is 11.8 Å². The first-order valence-corrected chi connectivity index (χ1v) is 13.7. The molecular formula is C27H32F9N6OU-. The van der Waals surface area contributed by atoms with Gasteiger partial charge in [-0.25, -0.2) is 15.1 Å². The topological polar surface area (TPSA) is 78.0 Å². The summed E-state index contributed by atoms with van der Waals surface area (Å²) >= 11 is 0. The zero-order valence-corrected chi connectivity index (χ0v) is 28.0. The van der Waals surface area contributed by atoms with Crippen LogP contribution in [0.3, 0.4) is 0 Å². The Morgan fingerprint density at radius 3 is 2.20 bits per heavy atom. The summed E-state index contributed by atoms with van der Waals surface area (Å²) in [5.41, 5.74) is -4.09. The number of nitrogens with one attached hydrogen (secondary N) is 1. The molecule has 0 saturated heterocycles. The van der Waals surface area contributed by atoms with Crippen molar-refractivity contribution in [3.05, 3.63) is 63.2 Å². The number of aromatic nitrogens is 4. The summed E-state index contributed by atoms with van der Waals surface area (Å²) in [6.45, 7) is 7.58.